The maximum atomic E-state index is 12.2. The van der Waals surface area contributed by atoms with Crippen molar-refractivity contribution in [2.45, 2.75) is 12.9 Å². The van der Waals surface area contributed by atoms with E-state index >= 15 is 0 Å². The van der Waals surface area contributed by atoms with Crippen molar-refractivity contribution >= 4 is 16.8 Å². The number of rotatable bonds is 4. The van der Waals surface area contributed by atoms with Crippen LogP contribution in [0.1, 0.15) is 16.1 Å². The highest BCUT2D eigenvalue weighted by Crippen LogP contribution is 2.24. The maximum Gasteiger partial charge on any atom is 0.573 e. The molecule has 4 nitrogen and oxygen atoms in total. The topological polar surface area (TPSA) is 57.2 Å². The van der Waals surface area contributed by atoms with Gasteiger partial charge in [0.05, 0.1) is 0 Å². The fraction of sp³-hybridized carbons (Fsp3) is 0.118. The molecular weight excluding hydrogens is 321 g/mol. The number of fused-ring (bicyclic) bond motifs is 1. The number of benzene rings is 2. The Balaban J connectivity index is 1.92. The van der Waals surface area contributed by atoms with Crippen LogP contribution in [-0.4, -0.2) is 16.8 Å². The van der Waals surface area contributed by atoms with E-state index in [-0.39, 0.29) is 5.75 Å². The molecule has 0 spiro atoms. The summed E-state index contributed by atoms with van der Waals surface area (Å²) < 4.78 is 42.1. The molecule has 0 unspecified atom stereocenters. The molecule has 24 heavy (non-hydrogen) atoms. The van der Waals surface area contributed by atoms with Crippen molar-refractivity contribution < 1.29 is 22.7 Å². The van der Waals surface area contributed by atoms with Crippen molar-refractivity contribution in [3.05, 3.63) is 65.9 Å². The molecule has 1 amide bonds. The van der Waals surface area contributed by atoms with Crippen LogP contribution in [-0.2, 0) is 6.54 Å². The number of carbonyl (C=O) groups is 1. The first-order valence-electron chi connectivity index (χ1n) is 7.06. The van der Waals surface area contributed by atoms with E-state index in [1.807, 2.05) is 24.3 Å². The van der Waals surface area contributed by atoms with E-state index in [1.165, 1.54) is 24.3 Å². The van der Waals surface area contributed by atoms with Crippen molar-refractivity contribution in [1.82, 2.24) is 4.57 Å². The zero-order chi connectivity index (χ0) is 17.3. The molecule has 2 N–H and O–H groups in total. The summed E-state index contributed by atoms with van der Waals surface area (Å²) in [6.45, 7) is 0.304. The molecular formula is C17H13F3N2O2. The van der Waals surface area contributed by atoms with Crippen LogP contribution in [0.15, 0.2) is 54.6 Å². The number of hydrogen-bond acceptors (Lipinski definition) is 2. The van der Waals surface area contributed by atoms with Gasteiger partial charge < -0.3 is 15.0 Å². The summed E-state index contributed by atoms with van der Waals surface area (Å²) in [6, 6.07) is 14.6. The molecule has 0 aliphatic carbocycles. The molecule has 2 aromatic carbocycles. The zero-order valence-corrected chi connectivity index (χ0v) is 12.4. The molecule has 7 heteroatoms. The van der Waals surface area contributed by atoms with E-state index in [0.717, 1.165) is 10.9 Å². The third kappa shape index (κ3) is 3.34. The van der Waals surface area contributed by atoms with Crippen LogP contribution in [0.25, 0.3) is 10.9 Å². The van der Waals surface area contributed by atoms with E-state index in [2.05, 4.69) is 4.74 Å². The van der Waals surface area contributed by atoms with Gasteiger partial charge in [0.2, 0.25) is 0 Å². The largest absolute Gasteiger partial charge is 0.573 e. The van der Waals surface area contributed by atoms with Gasteiger partial charge in [-0.25, -0.2) is 0 Å². The molecule has 0 aliphatic heterocycles. The Bertz CT molecular complexity index is 883. The number of nitrogens with two attached hydrogens (primary N) is 1. The number of para-hydroxylation sites is 1. The predicted molar refractivity (Wildman–Crippen MR) is 82.7 cm³/mol. The summed E-state index contributed by atoms with van der Waals surface area (Å²) in [5, 5.41) is 0.864. The SMILES string of the molecule is NC(=O)c1cc2ccccc2n1Cc1ccc(OC(F)(F)F)cc1. The quantitative estimate of drug-likeness (QED) is 0.791. The van der Waals surface area contributed by atoms with Gasteiger partial charge in [-0.3, -0.25) is 4.79 Å². The summed E-state index contributed by atoms with van der Waals surface area (Å²) in [7, 11) is 0. The van der Waals surface area contributed by atoms with E-state index in [0.29, 0.717) is 17.8 Å². The van der Waals surface area contributed by atoms with Crippen LogP contribution in [0.2, 0.25) is 0 Å². The minimum Gasteiger partial charge on any atom is -0.406 e. The van der Waals surface area contributed by atoms with Gasteiger partial charge in [0.1, 0.15) is 11.4 Å². The van der Waals surface area contributed by atoms with Crippen molar-refractivity contribution in [1.29, 1.82) is 0 Å². The molecule has 0 bridgehead atoms. The van der Waals surface area contributed by atoms with Crippen molar-refractivity contribution in [3.8, 4) is 5.75 Å². The van der Waals surface area contributed by atoms with Crippen molar-refractivity contribution in [2.75, 3.05) is 0 Å². The van der Waals surface area contributed by atoms with Crippen LogP contribution in [0.5, 0.6) is 5.75 Å². The lowest BCUT2D eigenvalue weighted by Gasteiger charge is -2.11. The summed E-state index contributed by atoms with van der Waals surface area (Å²) in [5.41, 5.74) is 7.30. The third-order valence-corrected chi connectivity index (χ3v) is 3.56. The molecule has 124 valence electrons. The molecule has 0 saturated heterocycles. The second kappa shape index (κ2) is 5.92. The number of primary amides is 1. The summed E-state index contributed by atoms with van der Waals surface area (Å²) >= 11 is 0. The lowest BCUT2D eigenvalue weighted by atomic mass is 10.2. The fourth-order valence-corrected chi connectivity index (χ4v) is 2.56. The summed E-state index contributed by atoms with van der Waals surface area (Å²) in [4.78, 5) is 11.6. The Morgan fingerprint density at radius 2 is 1.75 bits per heavy atom. The molecule has 0 radical (unpaired) electrons. The van der Waals surface area contributed by atoms with Gasteiger partial charge in [-0.05, 0) is 29.8 Å². The number of amides is 1. The smallest absolute Gasteiger partial charge is 0.406 e. The Morgan fingerprint density at radius 1 is 1.08 bits per heavy atom. The highest BCUT2D eigenvalue weighted by molar-refractivity contribution is 5.97. The lowest BCUT2D eigenvalue weighted by molar-refractivity contribution is -0.274. The van der Waals surface area contributed by atoms with E-state index in [9.17, 15) is 18.0 Å². The molecule has 0 aliphatic rings. The van der Waals surface area contributed by atoms with Gasteiger partial charge in [-0.15, -0.1) is 13.2 Å². The van der Waals surface area contributed by atoms with Gasteiger partial charge in [0, 0.05) is 17.4 Å². The van der Waals surface area contributed by atoms with E-state index in [1.54, 1.807) is 10.6 Å². The monoisotopic (exact) mass is 334 g/mol. The molecule has 1 heterocycles. The molecule has 0 fully saturated rings. The number of halogens is 3. The van der Waals surface area contributed by atoms with Crippen LogP contribution in [0.3, 0.4) is 0 Å². The average molecular weight is 334 g/mol. The van der Waals surface area contributed by atoms with Crippen LogP contribution in [0.4, 0.5) is 13.2 Å². The van der Waals surface area contributed by atoms with Gasteiger partial charge in [-0.2, -0.15) is 0 Å². The minimum absolute atomic E-state index is 0.293. The number of hydrogen-bond donors (Lipinski definition) is 1. The van der Waals surface area contributed by atoms with Crippen LogP contribution in [0, 0.1) is 0 Å². The molecule has 0 saturated carbocycles. The van der Waals surface area contributed by atoms with Crippen molar-refractivity contribution in [2.24, 2.45) is 5.73 Å². The summed E-state index contributed by atoms with van der Waals surface area (Å²) in [6.07, 6.45) is -4.72. The standard InChI is InChI=1S/C17H13F3N2O2/c18-17(19,20)24-13-7-5-11(6-8-13)10-22-14-4-2-1-3-12(14)9-15(22)16(21)23/h1-9H,10H2,(H2,21,23). The predicted octanol–water partition coefficient (Wildman–Crippen LogP) is 3.69. The van der Waals surface area contributed by atoms with Crippen LogP contribution >= 0.6 is 0 Å². The normalized spacial score (nSPS) is 11.6. The Hall–Kier alpha value is -2.96. The van der Waals surface area contributed by atoms with Crippen LogP contribution < -0.4 is 10.5 Å². The van der Waals surface area contributed by atoms with Gasteiger partial charge in [0.25, 0.3) is 5.91 Å². The molecule has 0 atom stereocenters. The number of nitrogens with zero attached hydrogens (tertiary/aromatic N) is 1. The zero-order valence-electron chi connectivity index (χ0n) is 12.4. The molecule has 1 aromatic heterocycles. The van der Waals surface area contributed by atoms with Crippen molar-refractivity contribution in [3.63, 3.8) is 0 Å². The first-order valence-corrected chi connectivity index (χ1v) is 7.06. The maximum absolute atomic E-state index is 12.2. The Labute approximate surface area is 135 Å². The number of ether oxygens (including phenoxy) is 1. The number of alkyl halides is 3. The number of aromatic nitrogens is 1. The second-order valence-corrected chi connectivity index (χ2v) is 5.23. The minimum atomic E-state index is -4.72. The van der Waals surface area contributed by atoms with Gasteiger partial charge in [-0.1, -0.05) is 30.3 Å². The third-order valence-electron chi connectivity index (χ3n) is 3.56. The Kier molecular flexibility index (Phi) is 3.92. The molecule has 3 aromatic rings. The van der Waals surface area contributed by atoms with Gasteiger partial charge in [0.15, 0.2) is 0 Å². The summed E-state index contributed by atoms with van der Waals surface area (Å²) in [5.74, 6) is -0.859. The molecule has 3 rings (SSSR count). The first kappa shape index (κ1) is 15.9. The van der Waals surface area contributed by atoms with E-state index < -0.39 is 12.3 Å². The lowest BCUT2D eigenvalue weighted by Crippen LogP contribution is -2.18. The first-order chi connectivity index (χ1) is 11.3. The highest BCUT2D eigenvalue weighted by Gasteiger charge is 2.30. The fourth-order valence-electron chi connectivity index (χ4n) is 2.56. The average Bonchev–Trinajstić information content (AvgIpc) is 2.87. The Morgan fingerprint density at radius 3 is 2.38 bits per heavy atom. The second-order valence-electron chi connectivity index (χ2n) is 5.23. The number of carbonyl (C=O) groups excluding carboxylic acids is 1. The van der Waals surface area contributed by atoms with E-state index in [4.69, 9.17) is 5.73 Å². The highest BCUT2D eigenvalue weighted by atomic mass is 19.4. The van der Waals surface area contributed by atoms with Gasteiger partial charge >= 0.3 is 6.36 Å².